The molecule has 2 N–H and O–H groups in total. The number of amides is 1. The number of pyridine rings is 1. The maximum atomic E-state index is 12.8. The molecule has 1 unspecified atom stereocenters. The third-order valence-corrected chi connectivity index (χ3v) is 4.61. The number of hydrogen-bond donors (Lipinski definition) is 2. The normalized spacial score (nSPS) is 18.6. The lowest BCUT2D eigenvalue weighted by molar-refractivity contribution is -0.140. The van der Waals surface area contributed by atoms with Crippen LogP contribution in [-0.4, -0.2) is 31.8 Å². The van der Waals surface area contributed by atoms with Crippen LogP contribution in [0.25, 0.3) is 5.76 Å². The predicted molar refractivity (Wildman–Crippen MR) is 98.9 cm³/mol. The van der Waals surface area contributed by atoms with Crippen LogP contribution in [0.5, 0.6) is 5.75 Å². The fourth-order valence-corrected chi connectivity index (χ4v) is 3.28. The number of ketones is 1. The number of rotatable bonds is 4. The zero-order chi connectivity index (χ0) is 19.7. The molecule has 1 aliphatic heterocycles. The van der Waals surface area contributed by atoms with Gasteiger partial charge in [-0.2, -0.15) is 0 Å². The maximum Gasteiger partial charge on any atom is 0.296 e. The van der Waals surface area contributed by atoms with Crippen molar-refractivity contribution < 1.29 is 24.2 Å². The molecule has 140 valence electrons. The van der Waals surface area contributed by atoms with E-state index in [0.29, 0.717) is 16.9 Å². The largest absolute Gasteiger partial charge is 0.508 e. The van der Waals surface area contributed by atoms with Crippen molar-refractivity contribution in [2.45, 2.75) is 12.6 Å². The van der Waals surface area contributed by atoms with E-state index in [2.05, 4.69) is 4.98 Å². The van der Waals surface area contributed by atoms with Gasteiger partial charge in [0, 0.05) is 18.0 Å². The molecule has 1 saturated heterocycles. The Labute approximate surface area is 160 Å². The van der Waals surface area contributed by atoms with Crippen molar-refractivity contribution >= 4 is 17.4 Å². The number of aliphatic hydroxyl groups excluding tert-OH is 1. The van der Waals surface area contributed by atoms with E-state index in [0.717, 1.165) is 0 Å². The molecule has 7 nitrogen and oxygen atoms in total. The second-order valence-electron chi connectivity index (χ2n) is 6.33. The van der Waals surface area contributed by atoms with Crippen molar-refractivity contribution in [3.63, 3.8) is 0 Å². The molecule has 1 amide bonds. The quantitative estimate of drug-likeness (QED) is 0.412. The third kappa shape index (κ3) is 3.03. The van der Waals surface area contributed by atoms with Gasteiger partial charge in [0.15, 0.2) is 0 Å². The summed E-state index contributed by atoms with van der Waals surface area (Å²) in [6.07, 6.45) is 4.46. The molecule has 1 atom stereocenters. The van der Waals surface area contributed by atoms with Crippen LogP contribution in [0.4, 0.5) is 0 Å². The number of aromatic nitrogens is 1. The summed E-state index contributed by atoms with van der Waals surface area (Å²) in [4.78, 5) is 30.8. The van der Waals surface area contributed by atoms with Crippen LogP contribution in [0, 0.1) is 0 Å². The molecule has 3 aromatic rings. The fraction of sp³-hybridized carbons (Fsp3) is 0.0952. The van der Waals surface area contributed by atoms with Gasteiger partial charge < -0.3 is 19.5 Å². The van der Waals surface area contributed by atoms with E-state index in [9.17, 15) is 19.8 Å². The Morgan fingerprint density at radius 1 is 1.07 bits per heavy atom. The van der Waals surface area contributed by atoms with Gasteiger partial charge in [-0.15, -0.1) is 0 Å². The molecular formula is C21H16N2O5. The Balaban J connectivity index is 1.86. The van der Waals surface area contributed by atoms with E-state index in [-0.39, 0.29) is 23.6 Å². The lowest BCUT2D eigenvalue weighted by Gasteiger charge is -2.24. The number of phenolic OH excluding ortho intramolecular Hbond substituents is 1. The lowest BCUT2D eigenvalue weighted by atomic mass is 9.95. The van der Waals surface area contributed by atoms with Crippen LogP contribution in [0.15, 0.2) is 77.2 Å². The number of nitrogens with zero attached hydrogens (tertiary/aromatic N) is 2. The van der Waals surface area contributed by atoms with E-state index >= 15 is 0 Å². The van der Waals surface area contributed by atoms with Gasteiger partial charge in [0.25, 0.3) is 11.7 Å². The highest BCUT2D eigenvalue weighted by atomic mass is 16.3. The van der Waals surface area contributed by atoms with Crippen LogP contribution in [-0.2, 0) is 16.1 Å². The number of furan rings is 1. The van der Waals surface area contributed by atoms with Gasteiger partial charge in [0.05, 0.1) is 24.4 Å². The summed E-state index contributed by atoms with van der Waals surface area (Å²) < 4.78 is 5.33. The third-order valence-electron chi connectivity index (χ3n) is 4.61. The SMILES string of the molecule is O=C1C(=O)N(Cc2ccco2)C(c2ccc(O)cc2)C1=C(O)c1ccncc1. The van der Waals surface area contributed by atoms with Crippen LogP contribution in [0.3, 0.4) is 0 Å². The minimum atomic E-state index is -0.820. The summed E-state index contributed by atoms with van der Waals surface area (Å²) in [6, 6.07) is 11.9. The number of carbonyl (C=O) groups is 2. The summed E-state index contributed by atoms with van der Waals surface area (Å²) in [7, 11) is 0. The second kappa shape index (κ2) is 7.03. The molecule has 0 radical (unpaired) electrons. The monoisotopic (exact) mass is 376 g/mol. The van der Waals surface area contributed by atoms with Crippen LogP contribution in [0.2, 0.25) is 0 Å². The first kappa shape index (κ1) is 17.5. The molecule has 0 bridgehead atoms. The van der Waals surface area contributed by atoms with E-state index in [1.54, 1.807) is 36.4 Å². The summed E-state index contributed by atoms with van der Waals surface area (Å²) in [5.74, 6) is -1.22. The molecule has 1 aromatic carbocycles. The van der Waals surface area contributed by atoms with Gasteiger partial charge in [0.1, 0.15) is 17.3 Å². The minimum absolute atomic E-state index is 0.0200. The smallest absolute Gasteiger partial charge is 0.296 e. The van der Waals surface area contributed by atoms with Gasteiger partial charge in [-0.1, -0.05) is 12.1 Å². The highest BCUT2D eigenvalue weighted by Gasteiger charge is 2.46. The number of aromatic hydroxyl groups is 1. The molecule has 3 heterocycles. The number of carbonyl (C=O) groups excluding carboxylic acids is 2. The first-order chi connectivity index (χ1) is 13.6. The Morgan fingerprint density at radius 2 is 1.79 bits per heavy atom. The second-order valence-corrected chi connectivity index (χ2v) is 6.33. The first-order valence-corrected chi connectivity index (χ1v) is 8.56. The summed E-state index contributed by atoms with van der Waals surface area (Å²) in [5.41, 5.74) is 0.947. The van der Waals surface area contributed by atoms with Gasteiger partial charge in [-0.3, -0.25) is 14.6 Å². The van der Waals surface area contributed by atoms with E-state index in [1.165, 1.54) is 35.7 Å². The number of aliphatic hydroxyl groups is 1. The Morgan fingerprint density at radius 3 is 2.43 bits per heavy atom. The molecule has 0 spiro atoms. The standard InChI is InChI=1S/C21H16N2O5/c24-15-5-3-13(4-6-15)18-17(19(25)14-7-9-22-10-8-14)20(26)21(27)23(18)12-16-2-1-11-28-16/h1-11,18,24-25H,12H2. The van der Waals surface area contributed by atoms with Crippen molar-refractivity contribution in [1.29, 1.82) is 0 Å². The topological polar surface area (TPSA) is 104 Å². The van der Waals surface area contributed by atoms with Crippen molar-refractivity contribution in [2.24, 2.45) is 0 Å². The van der Waals surface area contributed by atoms with E-state index in [1.807, 2.05) is 0 Å². The number of likely N-dealkylation sites (tertiary alicyclic amines) is 1. The molecule has 1 fully saturated rings. The number of Topliss-reactive ketones (excluding diaryl/α,β-unsaturated/α-hetero) is 1. The van der Waals surface area contributed by atoms with Gasteiger partial charge in [-0.25, -0.2) is 0 Å². The Bertz CT molecular complexity index is 1040. The summed E-state index contributed by atoms with van der Waals surface area (Å²) in [5, 5.41) is 20.4. The van der Waals surface area contributed by atoms with Crippen LogP contribution in [0.1, 0.15) is 22.9 Å². The molecule has 28 heavy (non-hydrogen) atoms. The number of hydrogen-bond acceptors (Lipinski definition) is 6. The lowest BCUT2D eigenvalue weighted by Crippen LogP contribution is -2.29. The molecule has 4 rings (SSSR count). The molecule has 0 saturated carbocycles. The summed E-state index contributed by atoms with van der Waals surface area (Å²) >= 11 is 0. The van der Waals surface area contributed by atoms with Crippen molar-refractivity contribution in [3.05, 3.63) is 89.6 Å². The average molecular weight is 376 g/mol. The molecular weight excluding hydrogens is 360 g/mol. The Hall–Kier alpha value is -3.87. The minimum Gasteiger partial charge on any atom is -0.508 e. The van der Waals surface area contributed by atoms with Crippen LogP contribution >= 0.6 is 0 Å². The first-order valence-electron chi connectivity index (χ1n) is 8.56. The number of benzene rings is 1. The van der Waals surface area contributed by atoms with Crippen molar-refractivity contribution in [3.8, 4) is 5.75 Å². The molecule has 2 aromatic heterocycles. The number of phenols is 1. The zero-order valence-electron chi connectivity index (χ0n) is 14.6. The van der Waals surface area contributed by atoms with Gasteiger partial charge in [-0.05, 0) is 42.0 Å². The van der Waals surface area contributed by atoms with Crippen molar-refractivity contribution in [2.75, 3.05) is 0 Å². The molecule has 7 heteroatoms. The predicted octanol–water partition coefficient (Wildman–Crippen LogP) is 3.00. The van der Waals surface area contributed by atoms with Crippen molar-refractivity contribution in [1.82, 2.24) is 9.88 Å². The molecule has 1 aliphatic rings. The summed E-state index contributed by atoms with van der Waals surface area (Å²) in [6.45, 7) is 0.0657. The van der Waals surface area contributed by atoms with Crippen LogP contribution < -0.4 is 0 Å². The highest BCUT2D eigenvalue weighted by Crippen LogP contribution is 2.40. The fourth-order valence-electron chi connectivity index (χ4n) is 3.28. The maximum absolute atomic E-state index is 12.8. The van der Waals surface area contributed by atoms with Gasteiger partial charge in [0.2, 0.25) is 0 Å². The van der Waals surface area contributed by atoms with E-state index < -0.39 is 17.7 Å². The average Bonchev–Trinajstić information content (AvgIpc) is 3.31. The van der Waals surface area contributed by atoms with Gasteiger partial charge >= 0.3 is 0 Å². The highest BCUT2D eigenvalue weighted by molar-refractivity contribution is 6.46. The van der Waals surface area contributed by atoms with E-state index in [4.69, 9.17) is 4.42 Å². The zero-order valence-corrected chi connectivity index (χ0v) is 14.6. The Kier molecular flexibility index (Phi) is 4.41. The molecule has 0 aliphatic carbocycles.